The topological polar surface area (TPSA) is 108 Å². The Bertz CT molecular complexity index is 764. The highest BCUT2D eigenvalue weighted by Crippen LogP contribution is 2.27. The molecular weight excluding hydrogens is 352 g/mol. The maximum absolute atomic E-state index is 12.8. The van der Waals surface area contributed by atoms with E-state index in [2.05, 4.69) is 10.6 Å². The van der Waals surface area contributed by atoms with Gasteiger partial charge < -0.3 is 20.3 Å². The SMILES string of the molecule is COc1ccccc1C[C@]1(C)NC(=O)N(CC(=O)NCC(=O)N(C)C)C1=O. The Morgan fingerprint density at radius 1 is 1.26 bits per heavy atom. The molecule has 1 heterocycles. The Balaban J connectivity index is 2.05. The lowest BCUT2D eigenvalue weighted by atomic mass is 9.92. The van der Waals surface area contributed by atoms with E-state index < -0.39 is 29.9 Å². The first kappa shape index (κ1) is 20.2. The molecular formula is C18H24N4O5. The average molecular weight is 376 g/mol. The number of hydrogen-bond donors (Lipinski definition) is 2. The van der Waals surface area contributed by atoms with Gasteiger partial charge in [0.2, 0.25) is 11.8 Å². The van der Waals surface area contributed by atoms with E-state index in [1.54, 1.807) is 27.1 Å². The molecule has 5 amide bonds. The van der Waals surface area contributed by atoms with Crippen LogP contribution >= 0.6 is 0 Å². The van der Waals surface area contributed by atoms with Gasteiger partial charge in [0.15, 0.2) is 0 Å². The molecule has 1 saturated heterocycles. The van der Waals surface area contributed by atoms with E-state index in [9.17, 15) is 19.2 Å². The monoisotopic (exact) mass is 376 g/mol. The Kier molecular flexibility index (Phi) is 6.04. The number of urea groups is 1. The molecule has 1 aromatic rings. The second-order valence-electron chi connectivity index (χ2n) is 6.71. The third-order valence-electron chi connectivity index (χ3n) is 4.32. The number of nitrogens with one attached hydrogen (secondary N) is 2. The van der Waals surface area contributed by atoms with Crippen molar-refractivity contribution in [1.29, 1.82) is 0 Å². The van der Waals surface area contributed by atoms with Crippen LogP contribution in [0.25, 0.3) is 0 Å². The van der Waals surface area contributed by atoms with Gasteiger partial charge in [-0.15, -0.1) is 0 Å². The second kappa shape index (κ2) is 8.07. The zero-order valence-corrected chi connectivity index (χ0v) is 15.9. The van der Waals surface area contributed by atoms with Gasteiger partial charge in [0, 0.05) is 20.5 Å². The van der Waals surface area contributed by atoms with Crippen LogP contribution in [0.5, 0.6) is 5.75 Å². The maximum atomic E-state index is 12.8. The van der Waals surface area contributed by atoms with Gasteiger partial charge in [-0.3, -0.25) is 19.3 Å². The van der Waals surface area contributed by atoms with E-state index >= 15 is 0 Å². The van der Waals surface area contributed by atoms with Crippen molar-refractivity contribution in [2.24, 2.45) is 0 Å². The number of amides is 5. The molecule has 1 aliphatic rings. The maximum Gasteiger partial charge on any atom is 0.325 e. The van der Waals surface area contributed by atoms with E-state index in [1.165, 1.54) is 12.0 Å². The van der Waals surface area contributed by atoms with Crippen molar-refractivity contribution in [1.82, 2.24) is 20.4 Å². The minimum atomic E-state index is -1.19. The van der Waals surface area contributed by atoms with Crippen molar-refractivity contribution in [3.8, 4) is 5.75 Å². The highest BCUT2D eigenvalue weighted by molar-refractivity contribution is 6.09. The standard InChI is InChI=1S/C18H24N4O5/c1-18(9-12-7-5-6-8-13(12)27-4)16(25)22(17(26)20-18)11-14(23)19-10-15(24)21(2)3/h5-8H,9-11H2,1-4H3,(H,19,23)(H,20,26)/t18-/m0/s1. The molecule has 2 rings (SSSR count). The molecule has 0 spiro atoms. The summed E-state index contributed by atoms with van der Waals surface area (Å²) < 4.78 is 5.29. The van der Waals surface area contributed by atoms with Gasteiger partial charge in [-0.2, -0.15) is 0 Å². The Morgan fingerprint density at radius 3 is 2.56 bits per heavy atom. The summed E-state index contributed by atoms with van der Waals surface area (Å²) in [6.07, 6.45) is 0.221. The van der Waals surface area contributed by atoms with Gasteiger partial charge in [-0.1, -0.05) is 18.2 Å². The molecule has 0 aromatic heterocycles. The molecule has 0 aliphatic carbocycles. The first-order chi connectivity index (χ1) is 12.7. The molecule has 0 radical (unpaired) electrons. The van der Waals surface area contributed by atoms with Crippen LogP contribution in [0, 0.1) is 0 Å². The number of benzene rings is 1. The number of ether oxygens (including phenoxy) is 1. The lowest BCUT2D eigenvalue weighted by molar-refractivity contribution is -0.135. The summed E-state index contributed by atoms with van der Waals surface area (Å²) in [6.45, 7) is 0.952. The van der Waals surface area contributed by atoms with Crippen molar-refractivity contribution in [2.45, 2.75) is 18.9 Å². The van der Waals surface area contributed by atoms with Crippen molar-refractivity contribution >= 4 is 23.8 Å². The molecule has 2 N–H and O–H groups in total. The first-order valence-corrected chi connectivity index (χ1v) is 8.41. The van der Waals surface area contributed by atoms with E-state index in [-0.39, 0.29) is 18.9 Å². The number of carbonyl (C=O) groups excluding carboxylic acids is 4. The van der Waals surface area contributed by atoms with Crippen LogP contribution in [0.1, 0.15) is 12.5 Å². The summed E-state index contributed by atoms with van der Waals surface area (Å²) in [5.74, 6) is -0.775. The lowest BCUT2D eigenvalue weighted by Gasteiger charge is -2.22. The third kappa shape index (κ3) is 4.55. The van der Waals surface area contributed by atoms with Crippen LogP contribution in [0.3, 0.4) is 0 Å². The van der Waals surface area contributed by atoms with Crippen LogP contribution in [-0.4, -0.2) is 73.4 Å². The lowest BCUT2D eigenvalue weighted by Crippen LogP contribution is -2.47. The van der Waals surface area contributed by atoms with Gasteiger partial charge in [-0.05, 0) is 18.6 Å². The number of para-hydroxylation sites is 1. The van der Waals surface area contributed by atoms with Crippen LogP contribution in [0.15, 0.2) is 24.3 Å². The van der Waals surface area contributed by atoms with Crippen molar-refractivity contribution < 1.29 is 23.9 Å². The minimum absolute atomic E-state index is 0.200. The predicted octanol–water partition coefficient (Wildman–Crippen LogP) is -0.247. The van der Waals surface area contributed by atoms with E-state index in [4.69, 9.17) is 4.74 Å². The summed E-state index contributed by atoms with van der Waals surface area (Å²) in [7, 11) is 4.66. The summed E-state index contributed by atoms with van der Waals surface area (Å²) in [5, 5.41) is 5.05. The average Bonchev–Trinajstić information content (AvgIpc) is 2.83. The fraction of sp³-hybridized carbons (Fsp3) is 0.444. The number of methoxy groups -OCH3 is 1. The van der Waals surface area contributed by atoms with Gasteiger partial charge in [0.1, 0.15) is 17.8 Å². The van der Waals surface area contributed by atoms with Gasteiger partial charge in [0.05, 0.1) is 13.7 Å². The van der Waals surface area contributed by atoms with Crippen LogP contribution in [0.4, 0.5) is 4.79 Å². The highest BCUT2D eigenvalue weighted by atomic mass is 16.5. The zero-order valence-electron chi connectivity index (χ0n) is 15.9. The number of rotatable bonds is 7. The number of hydrogen-bond acceptors (Lipinski definition) is 5. The van der Waals surface area contributed by atoms with Gasteiger partial charge >= 0.3 is 6.03 Å². The fourth-order valence-electron chi connectivity index (χ4n) is 2.77. The van der Waals surface area contributed by atoms with Crippen molar-refractivity contribution in [3.63, 3.8) is 0 Å². The molecule has 1 fully saturated rings. The minimum Gasteiger partial charge on any atom is -0.496 e. The Labute approximate surface area is 157 Å². The second-order valence-corrected chi connectivity index (χ2v) is 6.71. The summed E-state index contributed by atoms with van der Waals surface area (Å²) in [5.41, 5.74) is -0.426. The molecule has 9 heteroatoms. The summed E-state index contributed by atoms with van der Waals surface area (Å²) in [6, 6.07) is 6.56. The predicted molar refractivity (Wildman–Crippen MR) is 97.1 cm³/mol. The van der Waals surface area contributed by atoms with Crippen molar-refractivity contribution in [2.75, 3.05) is 34.3 Å². The third-order valence-corrected chi connectivity index (χ3v) is 4.32. The molecule has 9 nitrogen and oxygen atoms in total. The number of imide groups is 1. The Hall–Kier alpha value is -3.10. The van der Waals surface area contributed by atoms with Crippen molar-refractivity contribution in [3.05, 3.63) is 29.8 Å². The van der Waals surface area contributed by atoms with E-state index in [1.807, 2.05) is 18.2 Å². The summed E-state index contributed by atoms with van der Waals surface area (Å²) in [4.78, 5) is 50.7. The van der Waals surface area contributed by atoms with Gasteiger partial charge in [-0.25, -0.2) is 4.79 Å². The normalized spacial score (nSPS) is 18.9. The zero-order chi connectivity index (χ0) is 20.2. The molecule has 0 saturated carbocycles. The first-order valence-electron chi connectivity index (χ1n) is 8.41. The molecule has 1 aromatic carbocycles. The van der Waals surface area contributed by atoms with Gasteiger partial charge in [0.25, 0.3) is 5.91 Å². The van der Waals surface area contributed by atoms with Crippen LogP contribution < -0.4 is 15.4 Å². The molecule has 1 atom stereocenters. The number of likely N-dealkylation sites (N-methyl/N-ethyl adjacent to an activating group) is 1. The number of nitrogens with zero attached hydrogens (tertiary/aromatic N) is 2. The van der Waals surface area contributed by atoms with Crippen LogP contribution in [-0.2, 0) is 20.8 Å². The molecule has 1 aliphatic heterocycles. The number of carbonyl (C=O) groups is 4. The fourth-order valence-corrected chi connectivity index (χ4v) is 2.77. The van der Waals surface area contributed by atoms with E-state index in [0.29, 0.717) is 5.75 Å². The Morgan fingerprint density at radius 2 is 1.93 bits per heavy atom. The summed E-state index contributed by atoms with van der Waals surface area (Å²) >= 11 is 0. The van der Waals surface area contributed by atoms with Crippen LogP contribution in [0.2, 0.25) is 0 Å². The quantitative estimate of drug-likeness (QED) is 0.638. The molecule has 27 heavy (non-hydrogen) atoms. The largest absolute Gasteiger partial charge is 0.496 e. The van der Waals surface area contributed by atoms with E-state index in [0.717, 1.165) is 10.5 Å². The molecule has 0 unspecified atom stereocenters. The highest BCUT2D eigenvalue weighted by Gasteiger charge is 2.48. The molecule has 0 bridgehead atoms. The smallest absolute Gasteiger partial charge is 0.325 e. The molecule has 146 valence electrons.